The van der Waals surface area contributed by atoms with E-state index in [1.807, 2.05) is 6.08 Å². The van der Waals surface area contributed by atoms with Crippen LogP contribution < -0.4 is 15.4 Å². The molecule has 33 heavy (non-hydrogen) atoms. The fraction of sp³-hybridized carbons (Fsp3) is 0.208. The molecule has 0 saturated heterocycles. The van der Waals surface area contributed by atoms with E-state index in [4.69, 9.17) is 16.3 Å². The summed E-state index contributed by atoms with van der Waals surface area (Å²) in [6, 6.07) is 7.76. The zero-order valence-electron chi connectivity index (χ0n) is 18.0. The number of halogens is 2. The van der Waals surface area contributed by atoms with E-state index in [0.29, 0.717) is 40.4 Å². The summed E-state index contributed by atoms with van der Waals surface area (Å²) in [6.07, 6.45) is 11.1. The molecule has 0 aliphatic carbocycles. The van der Waals surface area contributed by atoms with Crippen LogP contribution in [0.15, 0.2) is 61.1 Å². The summed E-state index contributed by atoms with van der Waals surface area (Å²) in [5.74, 6) is 0.171. The van der Waals surface area contributed by atoms with E-state index < -0.39 is 5.82 Å². The first-order valence-corrected chi connectivity index (χ1v) is 10.8. The molecule has 0 atom stereocenters. The highest BCUT2D eigenvalue weighted by atomic mass is 35.5. The fourth-order valence-corrected chi connectivity index (χ4v) is 3.67. The summed E-state index contributed by atoms with van der Waals surface area (Å²) < 4.78 is 18.9. The number of carbonyl (C=O) groups excluding carboxylic acids is 1. The van der Waals surface area contributed by atoms with Gasteiger partial charge in [-0.05, 0) is 43.3 Å². The second kappa shape index (κ2) is 10.3. The summed E-state index contributed by atoms with van der Waals surface area (Å²) in [7, 11) is 1.52. The second-order valence-corrected chi connectivity index (χ2v) is 7.87. The van der Waals surface area contributed by atoms with Crippen LogP contribution in [0.3, 0.4) is 0 Å². The van der Waals surface area contributed by atoms with Gasteiger partial charge >= 0.3 is 0 Å². The van der Waals surface area contributed by atoms with E-state index in [9.17, 15) is 9.18 Å². The zero-order valence-corrected chi connectivity index (χ0v) is 18.8. The predicted molar refractivity (Wildman–Crippen MR) is 128 cm³/mol. The highest BCUT2D eigenvalue weighted by molar-refractivity contribution is 6.31. The predicted octanol–water partition coefficient (Wildman–Crippen LogP) is 5.28. The molecule has 9 heteroatoms. The Hall–Kier alpha value is -3.65. The number of rotatable bonds is 7. The molecule has 7 nitrogen and oxygen atoms in total. The molecule has 2 N–H and O–H groups in total. The first-order chi connectivity index (χ1) is 16.0. The third-order valence-electron chi connectivity index (χ3n) is 5.14. The summed E-state index contributed by atoms with van der Waals surface area (Å²) in [6.45, 7) is 1.65. The van der Waals surface area contributed by atoms with E-state index in [0.717, 1.165) is 19.4 Å². The molecule has 0 saturated carbocycles. The Bertz CT molecular complexity index is 1230. The Morgan fingerprint density at radius 1 is 1.30 bits per heavy atom. The minimum Gasteiger partial charge on any atom is -0.494 e. The lowest BCUT2D eigenvalue weighted by molar-refractivity contribution is -0.111. The van der Waals surface area contributed by atoms with Gasteiger partial charge in [-0.2, -0.15) is 0 Å². The van der Waals surface area contributed by atoms with E-state index in [1.54, 1.807) is 18.2 Å². The highest BCUT2D eigenvalue weighted by Crippen LogP contribution is 2.33. The van der Waals surface area contributed by atoms with Gasteiger partial charge in [0, 0.05) is 36.3 Å². The summed E-state index contributed by atoms with van der Waals surface area (Å²) in [5, 5.41) is 6.63. The maximum Gasteiger partial charge on any atom is 0.248 e. The van der Waals surface area contributed by atoms with Crippen molar-refractivity contribution in [2.75, 3.05) is 30.8 Å². The smallest absolute Gasteiger partial charge is 0.248 e. The van der Waals surface area contributed by atoms with Gasteiger partial charge in [0.15, 0.2) is 0 Å². The van der Waals surface area contributed by atoms with Gasteiger partial charge in [0.1, 0.15) is 23.7 Å². The number of anilines is 3. The maximum absolute atomic E-state index is 13.5. The van der Waals surface area contributed by atoms with Crippen LogP contribution in [0.2, 0.25) is 5.02 Å². The normalized spacial score (nSPS) is 13.5. The van der Waals surface area contributed by atoms with E-state index in [-0.39, 0.29) is 10.9 Å². The number of hydrogen-bond acceptors (Lipinski definition) is 6. The maximum atomic E-state index is 13.5. The molecule has 1 aromatic heterocycles. The minimum atomic E-state index is -0.506. The highest BCUT2D eigenvalue weighted by Gasteiger charge is 2.13. The van der Waals surface area contributed by atoms with Gasteiger partial charge in [0.25, 0.3) is 0 Å². The van der Waals surface area contributed by atoms with Crippen molar-refractivity contribution in [1.82, 2.24) is 14.9 Å². The minimum absolute atomic E-state index is 0.000172. The van der Waals surface area contributed by atoms with Gasteiger partial charge in [-0.1, -0.05) is 23.8 Å². The van der Waals surface area contributed by atoms with Gasteiger partial charge < -0.3 is 20.3 Å². The van der Waals surface area contributed by atoms with Crippen molar-refractivity contribution in [3.63, 3.8) is 0 Å². The molecular formula is C24H23ClFN5O2. The Morgan fingerprint density at radius 2 is 2.18 bits per heavy atom. The van der Waals surface area contributed by atoms with Crippen molar-refractivity contribution >= 4 is 45.6 Å². The standard InChI is InChI=1S/C24H23ClFN5O2/c1-33-22-14-20-17(24(28-15-27-20)29-16-7-8-19(26)18(25)12-16)13-21(22)30-23(32)6-5-11-31-9-3-2-4-10-31/h3,5-9,12-15H,2,4,10-11H2,1H3,(H,30,32)(H,27,28,29)/b6-5+. The number of hydrogen-bond donors (Lipinski definition) is 2. The molecule has 0 fully saturated rings. The third-order valence-corrected chi connectivity index (χ3v) is 5.43. The van der Waals surface area contributed by atoms with Crippen molar-refractivity contribution < 1.29 is 13.9 Å². The lowest BCUT2D eigenvalue weighted by Gasteiger charge is -2.21. The van der Waals surface area contributed by atoms with Crippen molar-refractivity contribution in [1.29, 1.82) is 0 Å². The molecule has 4 rings (SSSR count). The molecule has 2 heterocycles. The van der Waals surface area contributed by atoms with E-state index >= 15 is 0 Å². The SMILES string of the molecule is COc1cc2ncnc(Nc3ccc(F)c(Cl)c3)c2cc1NC(=O)/C=C/CN1C=CCCC1. The number of nitrogens with one attached hydrogen (secondary N) is 2. The first kappa shape index (κ1) is 22.5. The lowest BCUT2D eigenvalue weighted by Crippen LogP contribution is -2.21. The number of carbonyl (C=O) groups is 1. The molecule has 3 aromatic rings. The lowest BCUT2D eigenvalue weighted by atomic mass is 10.1. The number of aromatic nitrogens is 2. The van der Waals surface area contributed by atoms with Gasteiger partial charge in [-0.25, -0.2) is 14.4 Å². The van der Waals surface area contributed by atoms with Crippen LogP contribution in [0, 0.1) is 5.82 Å². The largest absolute Gasteiger partial charge is 0.494 e. The van der Waals surface area contributed by atoms with E-state index in [2.05, 4.69) is 37.8 Å². The zero-order chi connectivity index (χ0) is 23.2. The summed E-state index contributed by atoms with van der Waals surface area (Å²) in [5.41, 5.74) is 1.66. The third kappa shape index (κ3) is 5.59. The number of benzene rings is 2. The fourth-order valence-electron chi connectivity index (χ4n) is 3.49. The van der Waals surface area contributed by atoms with Crippen LogP contribution in [0.1, 0.15) is 12.8 Å². The van der Waals surface area contributed by atoms with Crippen LogP contribution in [-0.4, -0.2) is 41.0 Å². The van der Waals surface area contributed by atoms with Gasteiger partial charge in [-0.3, -0.25) is 4.79 Å². The molecule has 0 bridgehead atoms. The van der Waals surface area contributed by atoms with Crippen LogP contribution in [0.4, 0.5) is 21.6 Å². The topological polar surface area (TPSA) is 79.4 Å². The van der Waals surface area contributed by atoms with Crippen molar-refractivity contribution in [2.24, 2.45) is 0 Å². The molecule has 0 unspecified atom stereocenters. The molecule has 0 radical (unpaired) electrons. The van der Waals surface area contributed by atoms with E-state index in [1.165, 1.54) is 31.6 Å². The van der Waals surface area contributed by atoms with Crippen molar-refractivity contribution in [3.05, 3.63) is 71.9 Å². The molecule has 1 aliphatic heterocycles. The molecular weight excluding hydrogens is 445 g/mol. The number of nitrogens with zero attached hydrogens (tertiary/aromatic N) is 3. The molecule has 0 spiro atoms. The van der Waals surface area contributed by atoms with Crippen LogP contribution in [0.5, 0.6) is 5.75 Å². The molecule has 2 aromatic carbocycles. The molecule has 1 aliphatic rings. The van der Waals surface area contributed by atoms with Gasteiger partial charge in [-0.15, -0.1) is 0 Å². The number of ether oxygens (including phenoxy) is 1. The summed E-state index contributed by atoms with van der Waals surface area (Å²) >= 11 is 5.89. The summed E-state index contributed by atoms with van der Waals surface area (Å²) in [4.78, 5) is 23.3. The van der Waals surface area contributed by atoms with Crippen LogP contribution >= 0.6 is 11.6 Å². The average Bonchev–Trinajstić information content (AvgIpc) is 2.82. The Morgan fingerprint density at radius 3 is 2.94 bits per heavy atom. The number of methoxy groups -OCH3 is 1. The average molecular weight is 468 g/mol. The van der Waals surface area contributed by atoms with Crippen molar-refractivity contribution in [3.8, 4) is 5.75 Å². The molecule has 1 amide bonds. The number of fused-ring (bicyclic) bond motifs is 1. The van der Waals surface area contributed by atoms with Crippen LogP contribution in [0.25, 0.3) is 10.9 Å². The second-order valence-electron chi connectivity index (χ2n) is 7.46. The Kier molecular flexibility index (Phi) is 7.04. The molecule has 170 valence electrons. The van der Waals surface area contributed by atoms with Gasteiger partial charge in [0.05, 0.1) is 23.3 Å². The number of allylic oxidation sites excluding steroid dienone is 1. The quantitative estimate of drug-likeness (QED) is 0.460. The Balaban J connectivity index is 1.56. The van der Waals surface area contributed by atoms with Crippen molar-refractivity contribution in [2.45, 2.75) is 12.8 Å². The number of amides is 1. The first-order valence-electron chi connectivity index (χ1n) is 10.5. The monoisotopic (exact) mass is 467 g/mol. The van der Waals surface area contributed by atoms with Crippen LogP contribution in [-0.2, 0) is 4.79 Å². The van der Waals surface area contributed by atoms with Gasteiger partial charge in [0.2, 0.25) is 5.91 Å². The Labute approximate surface area is 195 Å².